The molecule has 0 unspecified atom stereocenters. The highest BCUT2D eigenvalue weighted by atomic mass is 32.1. The van der Waals surface area contributed by atoms with Crippen molar-refractivity contribution >= 4 is 29.0 Å². The van der Waals surface area contributed by atoms with Gasteiger partial charge in [-0.05, 0) is 57.1 Å². The van der Waals surface area contributed by atoms with Crippen LogP contribution in [0.1, 0.15) is 52.1 Å². The maximum atomic E-state index is 12.6. The average Bonchev–Trinajstić information content (AvgIpc) is 2.62. The van der Waals surface area contributed by atoms with E-state index in [4.69, 9.17) is 17.0 Å². The molecule has 0 spiro atoms. The fraction of sp³-hybridized carbons (Fsp3) is 0.500. The smallest absolute Gasteiger partial charge is 0.338 e. The van der Waals surface area contributed by atoms with Crippen molar-refractivity contribution in [3.63, 3.8) is 0 Å². The number of hydrogen-bond donors (Lipinski definition) is 2. The number of unbranched alkanes of at least 4 members (excludes halogenated alkanes) is 1. The number of nitrogens with zero attached hydrogens (tertiary/aromatic N) is 1. The van der Waals surface area contributed by atoms with Crippen molar-refractivity contribution in [1.82, 2.24) is 10.6 Å². The molecule has 2 N–H and O–H groups in total. The summed E-state index contributed by atoms with van der Waals surface area (Å²) in [5, 5.41) is 6.77. The fourth-order valence-corrected chi connectivity index (χ4v) is 3.34. The predicted molar refractivity (Wildman–Crippen MR) is 110 cm³/mol. The molecule has 2 rings (SSSR count). The van der Waals surface area contributed by atoms with E-state index in [1.807, 2.05) is 19.1 Å². The molecule has 1 atom stereocenters. The van der Waals surface area contributed by atoms with E-state index in [-0.39, 0.29) is 12.0 Å². The van der Waals surface area contributed by atoms with E-state index in [0.29, 0.717) is 17.3 Å². The van der Waals surface area contributed by atoms with Gasteiger partial charge in [0.25, 0.3) is 0 Å². The summed E-state index contributed by atoms with van der Waals surface area (Å²) in [7, 11) is 0. The molecule has 0 radical (unpaired) electrons. The van der Waals surface area contributed by atoms with Gasteiger partial charge in [0.15, 0.2) is 5.11 Å². The van der Waals surface area contributed by atoms with Gasteiger partial charge in [0.1, 0.15) is 0 Å². The minimum absolute atomic E-state index is 0.295. The summed E-state index contributed by atoms with van der Waals surface area (Å²) in [6.07, 6.45) is 1.85. The van der Waals surface area contributed by atoms with Crippen LogP contribution in [0.2, 0.25) is 0 Å². The molecule has 0 saturated heterocycles. The maximum Gasteiger partial charge on any atom is 0.338 e. The van der Waals surface area contributed by atoms with Gasteiger partial charge in [0.05, 0.1) is 18.2 Å². The summed E-state index contributed by atoms with van der Waals surface area (Å²) in [5.74, 6) is -0.295. The Morgan fingerprint density at radius 3 is 2.42 bits per heavy atom. The van der Waals surface area contributed by atoms with E-state index < -0.39 is 0 Å². The Kier molecular flexibility index (Phi) is 7.45. The number of carbonyl (C=O) groups excluding carboxylic acids is 1. The average molecular weight is 376 g/mol. The number of esters is 1. The van der Waals surface area contributed by atoms with Crippen LogP contribution in [0.3, 0.4) is 0 Å². The summed E-state index contributed by atoms with van der Waals surface area (Å²) in [6, 6.07) is 7.97. The van der Waals surface area contributed by atoms with Gasteiger partial charge in [-0.2, -0.15) is 0 Å². The van der Waals surface area contributed by atoms with E-state index in [2.05, 4.69) is 48.4 Å². The first-order valence-electron chi connectivity index (χ1n) is 9.32. The minimum Gasteiger partial charge on any atom is -0.462 e. The first-order valence-corrected chi connectivity index (χ1v) is 9.72. The summed E-state index contributed by atoms with van der Waals surface area (Å²) < 4.78 is 5.45. The zero-order valence-corrected chi connectivity index (χ0v) is 16.9. The molecule has 1 aliphatic rings. The van der Waals surface area contributed by atoms with Crippen molar-refractivity contribution in [2.45, 2.75) is 46.6 Å². The lowest BCUT2D eigenvalue weighted by molar-refractivity contribution is -0.139. The molecule has 0 aliphatic carbocycles. The Morgan fingerprint density at radius 2 is 1.85 bits per heavy atom. The molecule has 0 saturated carbocycles. The van der Waals surface area contributed by atoms with Crippen LogP contribution in [0.15, 0.2) is 35.5 Å². The molecule has 1 aromatic rings. The summed E-state index contributed by atoms with van der Waals surface area (Å²) in [6.45, 7) is 10.6. The Morgan fingerprint density at radius 1 is 1.19 bits per heavy atom. The molecule has 26 heavy (non-hydrogen) atoms. The topological polar surface area (TPSA) is 53.6 Å². The minimum atomic E-state index is -0.302. The lowest BCUT2D eigenvalue weighted by atomic mass is 9.95. The molecule has 142 valence electrons. The molecule has 1 aromatic carbocycles. The first-order chi connectivity index (χ1) is 12.5. The van der Waals surface area contributed by atoms with Crippen LogP contribution in [0, 0.1) is 0 Å². The zero-order chi connectivity index (χ0) is 19.1. The number of benzene rings is 1. The van der Waals surface area contributed by atoms with E-state index in [9.17, 15) is 4.79 Å². The molecule has 0 bridgehead atoms. The van der Waals surface area contributed by atoms with Crippen LogP contribution in [-0.4, -0.2) is 30.8 Å². The second-order valence-corrected chi connectivity index (χ2v) is 6.73. The number of anilines is 1. The van der Waals surface area contributed by atoms with Gasteiger partial charge in [-0.25, -0.2) is 4.79 Å². The highest BCUT2D eigenvalue weighted by Gasteiger charge is 2.30. The zero-order valence-electron chi connectivity index (χ0n) is 16.1. The first kappa shape index (κ1) is 20.2. The van der Waals surface area contributed by atoms with Gasteiger partial charge in [-0.3, -0.25) is 0 Å². The van der Waals surface area contributed by atoms with Crippen molar-refractivity contribution in [2.24, 2.45) is 0 Å². The number of ether oxygens (including phenoxy) is 1. The van der Waals surface area contributed by atoms with Crippen molar-refractivity contribution in [2.75, 3.05) is 24.6 Å². The number of carbonyl (C=O) groups is 1. The number of hydrogen-bond acceptors (Lipinski definition) is 4. The van der Waals surface area contributed by atoms with Crippen molar-refractivity contribution < 1.29 is 9.53 Å². The molecule has 0 amide bonds. The Bertz CT molecular complexity index is 666. The van der Waals surface area contributed by atoms with E-state index in [1.165, 1.54) is 5.69 Å². The SMILES string of the molecule is CCCCOC(=O)C1=C(C)NC(=S)N[C@H]1c1ccc(N(CC)CC)cc1. The number of allylic oxidation sites excluding steroid dienone is 1. The molecular formula is C20H29N3O2S. The number of nitrogens with one attached hydrogen (secondary N) is 2. The second-order valence-electron chi connectivity index (χ2n) is 6.32. The van der Waals surface area contributed by atoms with Crippen LogP contribution < -0.4 is 15.5 Å². The highest BCUT2D eigenvalue weighted by molar-refractivity contribution is 7.80. The predicted octanol–water partition coefficient (Wildman–Crippen LogP) is 3.67. The molecule has 5 nitrogen and oxygen atoms in total. The van der Waals surface area contributed by atoms with E-state index >= 15 is 0 Å². The van der Waals surface area contributed by atoms with Gasteiger partial charge >= 0.3 is 5.97 Å². The third kappa shape index (κ3) is 4.75. The quantitative estimate of drug-likeness (QED) is 0.411. The molecule has 6 heteroatoms. The summed E-state index contributed by atoms with van der Waals surface area (Å²) >= 11 is 5.29. The Hall–Kier alpha value is -2.08. The van der Waals surface area contributed by atoms with Gasteiger partial charge in [-0.15, -0.1) is 0 Å². The van der Waals surface area contributed by atoms with Crippen LogP contribution in [0.4, 0.5) is 5.69 Å². The number of rotatable bonds is 8. The molecule has 0 aromatic heterocycles. The fourth-order valence-electron chi connectivity index (χ4n) is 3.07. The molecular weight excluding hydrogens is 346 g/mol. The molecule has 1 heterocycles. The van der Waals surface area contributed by atoms with Gasteiger partial charge in [0, 0.05) is 24.5 Å². The van der Waals surface area contributed by atoms with E-state index in [0.717, 1.165) is 37.2 Å². The van der Waals surface area contributed by atoms with Gasteiger partial charge < -0.3 is 20.3 Å². The molecule has 0 fully saturated rings. The van der Waals surface area contributed by atoms with Crippen LogP contribution in [0.5, 0.6) is 0 Å². The largest absolute Gasteiger partial charge is 0.462 e. The van der Waals surface area contributed by atoms with Crippen LogP contribution in [0.25, 0.3) is 0 Å². The highest BCUT2D eigenvalue weighted by Crippen LogP contribution is 2.29. The van der Waals surface area contributed by atoms with Crippen molar-refractivity contribution in [3.05, 3.63) is 41.1 Å². The lowest BCUT2D eigenvalue weighted by Crippen LogP contribution is -2.45. The standard InChI is InChI=1S/C20H29N3O2S/c1-5-8-13-25-19(24)17-14(4)21-20(26)22-18(17)15-9-11-16(12-10-15)23(6-2)7-3/h9-12,18H,5-8,13H2,1-4H3,(H2,21,22,26)/t18-/m0/s1. The Labute approximate surface area is 161 Å². The van der Waals surface area contributed by atoms with E-state index in [1.54, 1.807) is 0 Å². The molecule has 1 aliphatic heterocycles. The summed E-state index contributed by atoms with van der Waals surface area (Å²) in [4.78, 5) is 14.9. The number of thiocarbonyl (C=S) groups is 1. The van der Waals surface area contributed by atoms with Gasteiger partial charge in [-0.1, -0.05) is 25.5 Å². The third-order valence-electron chi connectivity index (χ3n) is 4.58. The normalized spacial score (nSPS) is 16.8. The summed E-state index contributed by atoms with van der Waals surface area (Å²) in [5.41, 5.74) is 3.49. The maximum absolute atomic E-state index is 12.6. The van der Waals surface area contributed by atoms with Gasteiger partial charge in [0.2, 0.25) is 0 Å². The second kappa shape index (κ2) is 9.57. The van der Waals surface area contributed by atoms with Crippen molar-refractivity contribution in [3.8, 4) is 0 Å². The van der Waals surface area contributed by atoms with Crippen LogP contribution >= 0.6 is 12.2 Å². The van der Waals surface area contributed by atoms with Crippen LogP contribution in [-0.2, 0) is 9.53 Å². The third-order valence-corrected chi connectivity index (χ3v) is 4.80. The Balaban J connectivity index is 2.27. The van der Waals surface area contributed by atoms with Crippen molar-refractivity contribution in [1.29, 1.82) is 0 Å². The monoisotopic (exact) mass is 375 g/mol. The lowest BCUT2D eigenvalue weighted by Gasteiger charge is -2.30.